The minimum atomic E-state index is -0.814. The Bertz CT molecular complexity index is 1570. The lowest BCUT2D eigenvalue weighted by molar-refractivity contribution is -0.167. The van der Waals surface area contributed by atoms with Crippen LogP contribution in [0.2, 0.25) is 0 Å². The van der Waals surface area contributed by atoms with Gasteiger partial charge in [0.05, 0.1) is 0 Å². The van der Waals surface area contributed by atoms with E-state index in [0.717, 1.165) is 116 Å². The van der Waals surface area contributed by atoms with E-state index in [2.05, 4.69) is 142 Å². The minimum absolute atomic E-state index is 0.107. The zero-order valence-corrected chi connectivity index (χ0v) is 48.8. The number of unbranched alkanes of at least 4 members (excludes halogenated alkanes) is 24. The van der Waals surface area contributed by atoms with Crippen LogP contribution in [0.5, 0.6) is 0 Å². The van der Waals surface area contributed by atoms with Crippen molar-refractivity contribution in [1.29, 1.82) is 0 Å². The Kier molecular flexibility index (Phi) is 58.9. The van der Waals surface area contributed by atoms with Crippen LogP contribution in [0.4, 0.5) is 0 Å². The van der Waals surface area contributed by atoms with Crippen LogP contribution in [0.25, 0.3) is 0 Å². The molecule has 1 atom stereocenters. The lowest BCUT2D eigenvalue weighted by Gasteiger charge is -2.18. The maximum absolute atomic E-state index is 12.9. The van der Waals surface area contributed by atoms with Crippen LogP contribution in [0.1, 0.15) is 278 Å². The molecule has 0 aromatic carbocycles. The normalized spacial score (nSPS) is 12.9. The number of carbonyl (C=O) groups is 3. The first-order valence-electron chi connectivity index (χ1n) is 31.0. The minimum Gasteiger partial charge on any atom is -0.462 e. The SMILES string of the molecule is CC/C=C\C/C=C\C/C=C\C/C=C\C/C=C\C/C=C\C/C=C\CCCC(=O)OCC(COC(=O)CCCCCCC/C=C\C/C=C\CCCCCC)OC(=O)CCCCCCCCC/C=C\CCCCCCCCC. The van der Waals surface area contributed by atoms with E-state index in [1.807, 2.05) is 0 Å². The highest BCUT2D eigenvalue weighted by Gasteiger charge is 2.19. The summed E-state index contributed by atoms with van der Waals surface area (Å²) in [6.45, 7) is 6.45. The lowest BCUT2D eigenvalue weighted by atomic mass is 10.1. The summed E-state index contributed by atoms with van der Waals surface area (Å²) in [5.74, 6) is -0.983. The summed E-state index contributed by atoms with van der Waals surface area (Å²) < 4.78 is 16.8. The molecule has 0 spiro atoms. The zero-order valence-electron chi connectivity index (χ0n) is 48.8. The van der Waals surface area contributed by atoms with Crippen molar-refractivity contribution in [2.75, 3.05) is 13.2 Å². The molecule has 6 heteroatoms. The maximum Gasteiger partial charge on any atom is 0.306 e. The molecule has 0 radical (unpaired) electrons. The summed E-state index contributed by atoms with van der Waals surface area (Å²) in [7, 11) is 0. The second-order valence-corrected chi connectivity index (χ2v) is 20.2. The van der Waals surface area contributed by atoms with Crippen LogP contribution in [0.15, 0.2) is 122 Å². The molecule has 1 unspecified atom stereocenters. The van der Waals surface area contributed by atoms with Crippen molar-refractivity contribution in [3.8, 4) is 0 Å². The number of ether oxygens (including phenoxy) is 3. The second kappa shape index (κ2) is 62.4. The van der Waals surface area contributed by atoms with E-state index in [0.29, 0.717) is 19.3 Å². The fourth-order valence-electron chi connectivity index (χ4n) is 8.28. The summed E-state index contributed by atoms with van der Waals surface area (Å²) >= 11 is 0. The first-order valence-corrected chi connectivity index (χ1v) is 31.0. The Morgan fingerprint density at radius 3 is 0.893 bits per heavy atom. The van der Waals surface area contributed by atoms with Crippen LogP contribution in [-0.2, 0) is 28.6 Å². The first-order chi connectivity index (χ1) is 37.0. The van der Waals surface area contributed by atoms with Crippen molar-refractivity contribution in [2.45, 2.75) is 284 Å². The molecule has 0 aliphatic carbocycles. The third-order valence-corrected chi connectivity index (χ3v) is 12.9. The van der Waals surface area contributed by atoms with Crippen LogP contribution >= 0.6 is 0 Å². The van der Waals surface area contributed by atoms with Gasteiger partial charge in [0, 0.05) is 19.3 Å². The van der Waals surface area contributed by atoms with Crippen molar-refractivity contribution in [3.63, 3.8) is 0 Å². The molecule has 75 heavy (non-hydrogen) atoms. The van der Waals surface area contributed by atoms with Gasteiger partial charge >= 0.3 is 17.9 Å². The molecule has 0 aromatic heterocycles. The van der Waals surface area contributed by atoms with Crippen molar-refractivity contribution in [2.24, 2.45) is 0 Å². The Labute approximate surface area is 462 Å². The fourth-order valence-corrected chi connectivity index (χ4v) is 8.28. The van der Waals surface area contributed by atoms with Crippen LogP contribution in [0.3, 0.4) is 0 Å². The van der Waals surface area contributed by atoms with Crippen LogP contribution in [-0.4, -0.2) is 37.2 Å². The molecule has 0 amide bonds. The molecule has 0 saturated carbocycles. The Morgan fingerprint density at radius 2 is 0.533 bits per heavy atom. The van der Waals surface area contributed by atoms with Gasteiger partial charge < -0.3 is 14.2 Å². The van der Waals surface area contributed by atoms with E-state index in [1.165, 1.54) is 116 Å². The Hall–Kier alpha value is -4.19. The van der Waals surface area contributed by atoms with Crippen LogP contribution < -0.4 is 0 Å². The smallest absolute Gasteiger partial charge is 0.306 e. The molecule has 0 aliphatic rings. The van der Waals surface area contributed by atoms with Gasteiger partial charge in [-0.15, -0.1) is 0 Å². The number of rotatable bonds is 55. The van der Waals surface area contributed by atoms with Gasteiger partial charge in [-0.05, 0) is 128 Å². The van der Waals surface area contributed by atoms with Crippen LogP contribution in [0, 0.1) is 0 Å². The second-order valence-electron chi connectivity index (χ2n) is 20.2. The first kappa shape index (κ1) is 70.8. The molecule has 426 valence electrons. The van der Waals surface area contributed by atoms with Gasteiger partial charge in [0.25, 0.3) is 0 Å². The molecule has 0 heterocycles. The van der Waals surface area contributed by atoms with Crippen molar-refractivity contribution >= 4 is 17.9 Å². The summed E-state index contributed by atoms with van der Waals surface area (Å²) in [6.07, 6.45) is 86.2. The third-order valence-electron chi connectivity index (χ3n) is 12.9. The molecule has 0 aliphatic heterocycles. The summed E-state index contributed by atoms with van der Waals surface area (Å²) in [4.78, 5) is 38.3. The van der Waals surface area contributed by atoms with E-state index < -0.39 is 6.10 Å². The molecular weight excluding hydrogens is 925 g/mol. The summed E-state index contributed by atoms with van der Waals surface area (Å²) in [6, 6.07) is 0. The molecule has 0 saturated heterocycles. The number of carbonyl (C=O) groups excluding carboxylic acids is 3. The largest absolute Gasteiger partial charge is 0.462 e. The van der Waals surface area contributed by atoms with Gasteiger partial charge in [-0.3, -0.25) is 14.4 Å². The van der Waals surface area contributed by atoms with E-state index >= 15 is 0 Å². The topological polar surface area (TPSA) is 78.9 Å². The quantitative estimate of drug-likeness (QED) is 0.0261. The molecule has 0 rings (SSSR count). The summed E-state index contributed by atoms with van der Waals surface area (Å²) in [5, 5.41) is 0. The highest BCUT2D eigenvalue weighted by Crippen LogP contribution is 2.14. The van der Waals surface area contributed by atoms with Gasteiger partial charge in [-0.1, -0.05) is 251 Å². The predicted molar refractivity (Wildman–Crippen MR) is 325 cm³/mol. The molecule has 0 N–H and O–H groups in total. The van der Waals surface area contributed by atoms with E-state index in [-0.39, 0.29) is 37.5 Å². The van der Waals surface area contributed by atoms with Gasteiger partial charge in [0.15, 0.2) is 6.10 Å². The highest BCUT2D eigenvalue weighted by molar-refractivity contribution is 5.71. The highest BCUT2D eigenvalue weighted by atomic mass is 16.6. The maximum atomic E-state index is 12.9. The Morgan fingerprint density at radius 1 is 0.280 bits per heavy atom. The predicted octanol–water partition coefficient (Wildman–Crippen LogP) is 21.2. The summed E-state index contributed by atoms with van der Waals surface area (Å²) in [5.41, 5.74) is 0. The molecule has 0 fully saturated rings. The monoisotopic (exact) mass is 1040 g/mol. The number of esters is 3. The zero-order chi connectivity index (χ0) is 54.3. The van der Waals surface area contributed by atoms with Gasteiger partial charge in [-0.2, -0.15) is 0 Å². The van der Waals surface area contributed by atoms with Gasteiger partial charge in [-0.25, -0.2) is 0 Å². The Balaban J connectivity index is 4.52. The molecule has 0 aromatic rings. The number of hydrogen-bond donors (Lipinski definition) is 0. The fraction of sp³-hybridized carbons (Fsp3) is 0.667. The van der Waals surface area contributed by atoms with Crippen molar-refractivity contribution < 1.29 is 28.6 Å². The lowest BCUT2D eigenvalue weighted by Crippen LogP contribution is -2.30. The average Bonchev–Trinajstić information content (AvgIpc) is 3.41. The number of hydrogen-bond acceptors (Lipinski definition) is 6. The third kappa shape index (κ3) is 60.6. The van der Waals surface area contributed by atoms with Gasteiger partial charge in [0.1, 0.15) is 13.2 Å². The van der Waals surface area contributed by atoms with E-state index in [4.69, 9.17) is 14.2 Å². The molecule has 6 nitrogen and oxygen atoms in total. The van der Waals surface area contributed by atoms with E-state index in [1.54, 1.807) is 0 Å². The van der Waals surface area contributed by atoms with Crippen molar-refractivity contribution in [1.82, 2.24) is 0 Å². The molecular formula is C69H114O6. The standard InChI is InChI=1S/C69H114O6/c1-4-7-10-13-16-19-22-25-28-31-33-34-35-36-37-39-41-44-47-50-53-56-59-62-68(71)74-65-66(64-73-67(70)61-58-55-52-49-46-43-40-30-27-24-21-18-15-12-9-6-3)75-69(72)63-60-57-54-51-48-45-42-38-32-29-26-23-20-17-14-11-8-5-2/h7,10,16,19,21,24-25,28-30,32-34,36-37,40-41,44,50,53,66H,4-6,8-9,11-15,17-18,20,22-23,26-27,31,35,38-39,42-43,45-49,51-52,54-65H2,1-3H3/b10-7-,19-16-,24-21-,28-25-,32-29-,34-33-,37-36-,40-30-,44-41-,53-50-. The average molecular weight is 1040 g/mol. The van der Waals surface area contributed by atoms with Crippen molar-refractivity contribution in [3.05, 3.63) is 122 Å². The number of allylic oxidation sites excluding steroid dienone is 20. The van der Waals surface area contributed by atoms with Gasteiger partial charge in [0.2, 0.25) is 0 Å². The van der Waals surface area contributed by atoms with E-state index in [9.17, 15) is 14.4 Å². The molecule has 0 bridgehead atoms.